The lowest BCUT2D eigenvalue weighted by molar-refractivity contribution is 0.625. The fraction of sp³-hybridized carbons (Fsp3) is 0.750. The molecule has 12 heavy (non-hydrogen) atoms. The first-order valence-electron chi connectivity index (χ1n) is 4.51. The van der Waals surface area contributed by atoms with Crippen LogP contribution >= 0.6 is 0 Å². The van der Waals surface area contributed by atoms with E-state index in [2.05, 4.69) is 28.7 Å². The minimum Gasteiger partial charge on any atom is -0.316 e. The first-order chi connectivity index (χ1) is 5.90. The van der Waals surface area contributed by atoms with E-state index >= 15 is 0 Å². The Balaban J connectivity index is 2.11. The van der Waals surface area contributed by atoms with Crippen molar-refractivity contribution in [3.05, 3.63) is 11.9 Å². The molecule has 66 valence electrons. The minimum atomic E-state index is 0.588. The smallest absolute Gasteiger partial charge is 0.0871 e. The van der Waals surface area contributed by atoms with Gasteiger partial charge in [-0.1, -0.05) is 5.21 Å². The molecule has 0 saturated carbocycles. The van der Waals surface area contributed by atoms with Crippen molar-refractivity contribution in [3.63, 3.8) is 0 Å². The van der Waals surface area contributed by atoms with Gasteiger partial charge in [-0.25, -0.2) is 0 Å². The summed E-state index contributed by atoms with van der Waals surface area (Å²) >= 11 is 0. The van der Waals surface area contributed by atoms with Gasteiger partial charge in [-0.15, -0.1) is 5.10 Å². The third kappa shape index (κ3) is 1.34. The van der Waals surface area contributed by atoms with Crippen LogP contribution in [0, 0.1) is 0 Å². The Kier molecular flexibility index (Phi) is 2.08. The fourth-order valence-corrected chi connectivity index (χ4v) is 1.56. The highest BCUT2D eigenvalue weighted by Gasteiger charge is 2.19. The Labute approximate surface area is 72.0 Å². The fourth-order valence-electron chi connectivity index (χ4n) is 1.56. The third-order valence-electron chi connectivity index (χ3n) is 2.36. The first-order valence-corrected chi connectivity index (χ1v) is 4.51. The van der Waals surface area contributed by atoms with Crippen molar-refractivity contribution in [1.29, 1.82) is 0 Å². The first kappa shape index (κ1) is 7.73. The van der Waals surface area contributed by atoms with E-state index in [4.69, 9.17) is 0 Å². The van der Waals surface area contributed by atoms with E-state index < -0.39 is 0 Å². The monoisotopic (exact) mass is 166 g/mol. The quantitative estimate of drug-likeness (QED) is 0.690. The van der Waals surface area contributed by atoms with Crippen molar-refractivity contribution in [3.8, 4) is 0 Å². The molecule has 0 bridgehead atoms. The highest BCUT2D eigenvalue weighted by Crippen LogP contribution is 2.19. The lowest BCUT2D eigenvalue weighted by Gasteiger charge is -2.00. The van der Waals surface area contributed by atoms with E-state index in [1.54, 1.807) is 0 Å². The summed E-state index contributed by atoms with van der Waals surface area (Å²) in [6.45, 7) is 5.16. The molecule has 1 aliphatic heterocycles. The van der Waals surface area contributed by atoms with Gasteiger partial charge in [-0.2, -0.15) is 0 Å². The zero-order valence-corrected chi connectivity index (χ0v) is 7.32. The van der Waals surface area contributed by atoms with Crippen molar-refractivity contribution >= 4 is 0 Å². The van der Waals surface area contributed by atoms with Gasteiger partial charge < -0.3 is 5.32 Å². The molecule has 1 aromatic heterocycles. The van der Waals surface area contributed by atoms with Crippen LogP contribution < -0.4 is 5.32 Å². The van der Waals surface area contributed by atoms with Crippen LogP contribution in [0.4, 0.5) is 0 Å². The number of aryl methyl sites for hydroxylation is 1. The molecular weight excluding hydrogens is 152 g/mol. The maximum absolute atomic E-state index is 4.14. The van der Waals surface area contributed by atoms with Crippen LogP contribution in [0.5, 0.6) is 0 Å². The number of rotatable bonds is 2. The molecule has 2 heterocycles. The second kappa shape index (κ2) is 3.23. The SMILES string of the molecule is CCn1cc(C2CCNC2)nn1. The van der Waals surface area contributed by atoms with Crippen LogP contribution in [0.3, 0.4) is 0 Å². The van der Waals surface area contributed by atoms with Gasteiger partial charge in [0.1, 0.15) is 0 Å². The summed E-state index contributed by atoms with van der Waals surface area (Å²) in [5.41, 5.74) is 1.14. The van der Waals surface area contributed by atoms with Gasteiger partial charge in [-0.05, 0) is 19.9 Å². The second-order valence-corrected chi connectivity index (χ2v) is 3.19. The average Bonchev–Trinajstić information content (AvgIpc) is 2.75. The van der Waals surface area contributed by atoms with E-state index in [9.17, 15) is 0 Å². The second-order valence-electron chi connectivity index (χ2n) is 3.19. The molecule has 0 radical (unpaired) electrons. The molecule has 1 aromatic rings. The molecule has 0 aromatic carbocycles. The number of nitrogens with one attached hydrogen (secondary N) is 1. The molecule has 1 unspecified atom stereocenters. The number of nitrogens with zero attached hydrogens (tertiary/aromatic N) is 3. The normalized spacial score (nSPS) is 23.2. The van der Waals surface area contributed by atoms with Gasteiger partial charge in [0, 0.05) is 25.2 Å². The molecule has 4 heteroatoms. The molecule has 0 spiro atoms. The van der Waals surface area contributed by atoms with Gasteiger partial charge >= 0.3 is 0 Å². The highest BCUT2D eigenvalue weighted by molar-refractivity contribution is 5.05. The Hall–Kier alpha value is -0.900. The van der Waals surface area contributed by atoms with E-state index in [0.717, 1.165) is 25.3 Å². The van der Waals surface area contributed by atoms with Gasteiger partial charge in [0.2, 0.25) is 0 Å². The van der Waals surface area contributed by atoms with Gasteiger partial charge in [0.25, 0.3) is 0 Å². The molecular formula is C8H14N4. The van der Waals surface area contributed by atoms with Gasteiger partial charge in [-0.3, -0.25) is 4.68 Å². The Bertz CT molecular complexity index is 249. The van der Waals surface area contributed by atoms with Crippen LogP contribution in [0.1, 0.15) is 25.0 Å². The number of hydrogen-bond acceptors (Lipinski definition) is 3. The van der Waals surface area contributed by atoms with Crippen LogP contribution in [-0.2, 0) is 6.54 Å². The van der Waals surface area contributed by atoms with Gasteiger partial charge in [0.05, 0.1) is 5.69 Å². The standard InChI is InChI=1S/C8H14N4/c1-2-12-6-8(10-11-12)7-3-4-9-5-7/h6-7,9H,2-5H2,1H3. The lowest BCUT2D eigenvalue weighted by Crippen LogP contribution is -2.08. The van der Waals surface area contributed by atoms with E-state index in [0.29, 0.717) is 5.92 Å². The number of hydrogen-bond donors (Lipinski definition) is 1. The van der Waals surface area contributed by atoms with Crippen LogP contribution in [0.25, 0.3) is 0 Å². The van der Waals surface area contributed by atoms with Crippen molar-refractivity contribution in [2.45, 2.75) is 25.8 Å². The maximum Gasteiger partial charge on any atom is 0.0871 e. The molecule has 0 aliphatic carbocycles. The molecule has 1 fully saturated rings. The van der Waals surface area contributed by atoms with Crippen LogP contribution in [0.15, 0.2) is 6.20 Å². The zero-order valence-electron chi connectivity index (χ0n) is 7.32. The summed E-state index contributed by atoms with van der Waals surface area (Å²) in [5.74, 6) is 0.588. The van der Waals surface area contributed by atoms with E-state index in [1.165, 1.54) is 6.42 Å². The maximum atomic E-state index is 4.14. The lowest BCUT2D eigenvalue weighted by atomic mass is 10.1. The molecule has 0 amide bonds. The third-order valence-corrected chi connectivity index (χ3v) is 2.36. The van der Waals surface area contributed by atoms with E-state index in [-0.39, 0.29) is 0 Å². The van der Waals surface area contributed by atoms with E-state index in [1.807, 2.05) is 4.68 Å². The Morgan fingerprint density at radius 2 is 2.67 bits per heavy atom. The zero-order chi connectivity index (χ0) is 8.39. The highest BCUT2D eigenvalue weighted by atomic mass is 15.4. The molecule has 1 saturated heterocycles. The van der Waals surface area contributed by atoms with Crippen LogP contribution in [0.2, 0.25) is 0 Å². The number of aromatic nitrogens is 3. The van der Waals surface area contributed by atoms with Crippen molar-refractivity contribution in [2.24, 2.45) is 0 Å². The minimum absolute atomic E-state index is 0.588. The summed E-state index contributed by atoms with van der Waals surface area (Å²) in [7, 11) is 0. The van der Waals surface area contributed by atoms with Crippen molar-refractivity contribution in [1.82, 2.24) is 20.3 Å². The summed E-state index contributed by atoms with van der Waals surface area (Å²) in [6.07, 6.45) is 3.25. The molecule has 1 aliphatic rings. The summed E-state index contributed by atoms with van der Waals surface area (Å²) in [5, 5.41) is 11.5. The summed E-state index contributed by atoms with van der Waals surface area (Å²) in [6, 6.07) is 0. The molecule has 2 rings (SSSR count). The summed E-state index contributed by atoms with van der Waals surface area (Å²) in [4.78, 5) is 0. The predicted molar refractivity (Wildman–Crippen MR) is 45.9 cm³/mol. The molecule has 4 nitrogen and oxygen atoms in total. The molecule has 1 N–H and O–H groups in total. The Morgan fingerprint density at radius 1 is 1.75 bits per heavy atom. The van der Waals surface area contributed by atoms with Crippen molar-refractivity contribution in [2.75, 3.05) is 13.1 Å². The average molecular weight is 166 g/mol. The Morgan fingerprint density at radius 3 is 3.25 bits per heavy atom. The van der Waals surface area contributed by atoms with Crippen molar-refractivity contribution < 1.29 is 0 Å². The predicted octanol–water partition coefficient (Wildman–Crippen LogP) is 0.375. The largest absolute Gasteiger partial charge is 0.316 e. The van der Waals surface area contributed by atoms with Crippen LogP contribution in [-0.4, -0.2) is 28.1 Å². The topological polar surface area (TPSA) is 42.7 Å². The molecule has 1 atom stereocenters. The summed E-state index contributed by atoms with van der Waals surface area (Å²) < 4.78 is 1.88. The van der Waals surface area contributed by atoms with Gasteiger partial charge in [0.15, 0.2) is 0 Å².